The summed E-state index contributed by atoms with van der Waals surface area (Å²) in [6.07, 6.45) is 3.17. The van der Waals surface area contributed by atoms with Crippen molar-refractivity contribution in [2.75, 3.05) is 20.3 Å². The minimum atomic E-state index is -0.388. The van der Waals surface area contributed by atoms with Crippen LogP contribution >= 0.6 is 34.2 Å². The molecule has 1 amide bonds. The molecule has 3 aromatic rings. The van der Waals surface area contributed by atoms with Crippen LogP contribution in [0.2, 0.25) is 5.02 Å². The number of carbonyl (C=O) groups excluding carboxylic acids is 1. The Kier molecular flexibility index (Phi) is 10.4. The summed E-state index contributed by atoms with van der Waals surface area (Å²) in [5.74, 6) is 1.79. The van der Waals surface area contributed by atoms with E-state index in [0.29, 0.717) is 53.4 Å². The van der Waals surface area contributed by atoms with Gasteiger partial charge in [0.2, 0.25) is 0 Å². The van der Waals surface area contributed by atoms with Crippen molar-refractivity contribution in [2.24, 2.45) is 5.10 Å². The first-order valence-corrected chi connectivity index (χ1v) is 12.5. The Bertz CT molecular complexity index is 1250. The van der Waals surface area contributed by atoms with Crippen LogP contribution in [0.5, 0.6) is 23.0 Å². The third-order valence-corrected chi connectivity index (χ3v) is 5.80. The van der Waals surface area contributed by atoms with E-state index < -0.39 is 0 Å². The number of hydrogen-bond donors (Lipinski definition) is 1. The van der Waals surface area contributed by atoms with Gasteiger partial charge in [0.1, 0.15) is 13.2 Å². The third kappa shape index (κ3) is 7.63. The second kappa shape index (κ2) is 13.7. The maximum atomic E-state index is 12.6. The van der Waals surface area contributed by atoms with Gasteiger partial charge in [-0.3, -0.25) is 4.79 Å². The molecule has 0 aliphatic carbocycles. The first kappa shape index (κ1) is 27.3. The van der Waals surface area contributed by atoms with Gasteiger partial charge in [0.15, 0.2) is 23.0 Å². The van der Waals surface area contributed by atoms with Crippen molar-refractivity contribution in [3.05, 3.63) is 92.5 Å². The van der Waals surface area contributed by atoms with Crippen molar-refractivity contribution in [3.8, 4) is 23.0 Å². The lowest BCUT2D eigenvalue weighted by atomic mass is 10.2. The second-order valence-corrected chi connectivity index (χ2v) is 8.94. The minimum absolute atomic E-state index is 0.333. The van der Waals surface area contributed by atoms with Crippen molar-refractivity contribution in [1.29, 1.82) is 0 Å². The van der Waals surface area contributed by atoms with E-state index in [-0.39, 0.29) is 5.91 Å². The molecule has 0 aliphatic heterocycles. The van der Waals surface area contributed by atoms with E-state index in [9.17, 15) is 4.79 Å². The standard InChI is InChI=1S/C27H26ClIN2O5/c1-4-11-35-23-10-9-20(15-24(23)33-3)27(32)31-30-16-19-13-22(29)26(25(14-19)34-5-2)36-17-18-7-6-8-21(28)12-18/h4,6-10,12-16H,1,5,11,17H2,2-3H3,(H,31,32)/b30-16+. The summed E-state index contributed by atoms with van der Waals surface area (Å²) >= 11 is 8.25. The van der Waals surface area contributed by atoms with Gasteiger partial charge < -0.3 is 18.9 Å². The summed E-state index contributed by atoms with van der Waals surface area (Å²) in [5, 5.41) is 4.75. The average molecular weight is 621 g/mol. The molecule has 0 aromatic heterocycles. The minimum Gasteiger partial charge on any atom is -0.493 e. The zero-order valence-corrected chi connectivity index (χ0v) is 22.8. The van der Waals surface area contributed by atoms with Gasteiger partial charge in [-0.05, 0) is 83.1 Å². The molecule has 0 aliphatic rings. The number of amides is 1. The fourth-order valence-electron chi connectivity index (χ4n) is 3.15. The number of nitrogens with zero attached hydrogens (tertiary/aromatic N) is 1. The zero-order chi connectivity index (χ0) is 25.9. The molecule has 3 rings (SSSR count). The SMILES string of the molecule is C=CCOc1ccc(C(=O)N/N=C/c2cc(I)c(OCc3cccc(Cl)c3)c(OCC)c2)cc1OC. The number of nitrogens with one attached hydrogen (secondary N) is 1. The summed E-state index contributed by atoms with van der Waals surface area (Å²) in [5.41, 5.74) is 4.60. The highest BCUT2D eigenvalue weighted by Crippen LogP contribution is 2.34. The summed E-state index contributed by atoms with van der Waals surface area (Å²) in [4.78, 5) is 12.6. The van der Waals surface area contributed by atoms with Crippen LogP contribution in [0.3, 0.4) is 0 Å². The zero-order valence-electron chi connectivity index (χ0n) is 19.9. The van der Waals surface area contributed by atoms with Gasteiger partial charge >= 0.3 is 0 Å². The first-order chi connectivity index (χ1) is 17.4. The van der Waals surface area contributed by atoms with E-state index in [2.05, 4.69) is 39.7 Å². The van der Waals surface area contributed by atoms with E-state index in [1.54, 1.807) is 30.5 Å². The highest BCUT2D eigenvalue weighted by atomic mass is 127. The number of hydrazone groups is 1. The average Bonchev–Trinajstić information content (AvgIpc) is 2.87. The Hall–Kier alpha value is -3.24. The molecule has 0 radical (unpaired) electrons. The number of ether oxygens (including phenoxy) is 4. The molecule has 36 heavy (non-hydrogen) atoms. The molecule has 0 spiro atoms. The van der Waals surface area contributed by atoms with Gasteiger partial charge in [0.25, 0.3) is 5.91 Å². The number of methoxy groups -OCH3 is 1. The van der Waals surface area contributed by atoms with E-state index >= 15 is 0 Å². The molecule has 0 saturated heterocycles. The van der Waals surface area contributed by atoms with Crippen LogP contribution in [0.4, 0.5) is 0 Å². The van der Waals surface area contributed by atoms with Gasteiger partial charge in [0, 0.05) is 10.6 Å². The van der Waals surface area contributed by atoms with Gasteiger partial charge in [0.05, 0.1) is 23.5 Å². The number of hydrogen-bond acceptors (Lipinski definition) is 6. The molecule has 7 nitrogen and oxygen atoms in total. The van der Waals surface area contributed by atoms with E-state index in [1.807, 2.05) is 43.3 Å². The van der Waals surface area contributed by atoms with Crippen LogP contribution < -0.4 is 24.4 Å². The fourth-order valence-corrected chi connectivity index (χ4v) is 4.15. The molecule has 0 unspecified atom stereocenters. The molecule has 0 atom stereocenters. The molecule has 0 bridgehead atoms. The largest absolute Gasteiger partial charge is 0.493 e. The molecular formula is C27H26ClIN2O5. The van der Waals surface area contributed by atoms with E-state index in [0.717, 1.165) is 14.7 Å². The number of carbonyl (C=O) groups is 1. The van der Waals surface area contributed by atoms with Crippen LogP contribution in [0.1, 0.15) is 28.4 Å². The molecule has 3 aromatic carbocycles. The van der Waals surface area contributed by atoms with Gasteiger partial charge in [-0.15, -0.1) is 0 Å². The normalized spacial score (nSPS) is 10.7. The lowest BCUT2D eigenvalue weighted by Crippen LogP contribution is -2.17. The predicted octanol–water partition coefficient (Wildman–Crippen LogP) is 6.26. The van der Waals surface area contributed by atoms with Crippen molar-refractivity contribution < 1.29 is 23.7 Å². The third-order valence-electron chi connectivity index (χ3n) is 4.77. The highest BCUT2D eigenvalue weighted by molar-refractivity contribution is 14.1. The maximum Gasteiger partial charge on any atom is 0.271 e. The molecule has 0 heterocycles. The van der Waals surface area contributed by atoms with Crippen molar-refractivity contribution in [2.45, 2.75) is 13.5 Å². The summed E-state index contributed by atoms with van der Waals surface area (Å²) in [6.45, 7) is 6.67. The topological polar surface area (TPSA) is 78.4 Å². The Morgan fingerprint density at radius 3 is 2.64 bits per heavy atom. The lowest BCUT2D eigenvalue weighted by Gasteiger charge is -2.15. The number of rotatable bonds is 12. The molecule has 0 fully saturated rings. The highest BCUT2D eigenvalue weighted by Gasteiger charge is 2.13. The van der Waals surface area contributed by atoms with Gasteiger partial charge in [-0.2, -0.15) is 5.10 Å². The predicted molar refractivity (Wildman–Crippen MR) is 150 cm³/mol. The number of halogens is 2. The van der Waals surface area contributed by atoms with Crippen LogP contribution in [-0.4, -0.2) is 32.4 Å². The van der Waals surface area contributed by atoms with Crippen molar-refractivity contribution in [1.82, 2.24) is 5.43 Å². The summed E-state index contributed by atoms with van der Waals surface area (Å²) < 4.78 is 23.5. The number of benzene rings is 3. The Labute approximate surface area is 229 Å². The first-order valence-electron chi connectivity index (χ1n) is 11.0. The summed E-state index contributed by atoms with van der Waals surface area (Å²) in [7, 11) is 1.51. The Balaban J connectivity index is 1.70. The smallest absolute Gasteiger partial charge is 0.271 e. The van der Waals surface area contributed by atoms with E-state index in [1.165, 1.54) is 7.11 Å². The quantitative estimate of drug-likeness (QED) is 0.112. The van der Waals surface area contributed by atoms with E-state index in [4.69, 9.17) is 30.5 Å². The van der Waals surface area contributed by atoms with Crippen LogP contribution in [0.25, 0.3) is 0 Å². The Morgan fingerprint density at radius 2 is 1.92 bits per heavy atom. The fraction of sp³-hybridized carbons (Fsp3) is 0.185. The van der Waals surface area contributed by atoms with Gasteiger partial charge in [-0.25, -0.2) is 5.43 Å². The van der Waals surface area contributed by atoms with Crippen LogP contribution in [0, 0.1) is 3.57 Å². The molecule has 9 heteroatoms. The summed E-state index contributed by atoms with van der Waals surface area (Å²) in [6, 6.07) is 16.1. The molecular weight excluding hydrogens is 595 g/mol. The van der Waals surface area contributed by atoms with Gasteiger partial charge in [-0.1, -0.05) is 36.4 Å². The van der Waals surface area contributed by atoms with Crippen LogP contribution in [-0.2, 0) is 6.61 Å². The maximum absolute atomic E-state index is 12.6. The molecule has 0 saturated carbocycles. The lowest BCUT2D eigenvalue weighted by molar-refractivity contribution is 0.0954. The second-order valence-electron chi connectivity index (χ2n) is 7.35. The monoisotopic (exact) mass is 620 g/mol. The Morgan fingerprint density at radius 1 is 1.08 bits per heavy atom. The van der Waals surface area contributed by atoms with Crippen LogP contribution in [0.15, 0.2) is 72.4 Å². The van der Waals surface area contributed by atoms with Crippen molar-refractivity contribution in [3.63, 3.8) is 0 Å². The van der Waals surface area contributed by atoms with Crippen molar-refractivity contribution >= 4 is 46.3 Å². The molecule has 188 valence electrons. The molecule has 1 N–H and O–H groups in total.